The van der Waals surface area contributed by atoms with Gasteiger partial charge in [0.2, 0.25) is 11.8 Å². The Labute approximate surface area is 200 Å². The van der Waals surface area contributed by atoms with Crippen molar-refractivity contribution in [3.63, 3.8) is 0 Å². The predicted octanol–water partition coefficient (Wildman–Crippen LogP) is 3.55. The number of rotatable bonds is 6. The third-order valence-electron chi connectivity index (χ3n) is 6.57. The fourth-order valence-corrected chi connectivity index (χ4v) is 4.40. The van der Waals surface area contributed by atoms with Gasteiger partial charge in [-0.15, -0.1) is 0 Å². The van der Waals surface area contributed by atoms with Gasteiger partial charge in [-0.3, -0.25) is 9.59 Å². The van der Waals surface area contributed by atoms with E-state index in [9.17, 15) is 14.7 Å². The Morgan fingerprint density at radius 1 is 1.16 bits per heavy atom. The highest BCUT2D eigenvalue weighted by molar-refractivity contribution is 6.42. The minimum atomic E-state index is -0.312. The third-order valence-corrected chi connectivity index (χ3v) is 7.31. The number of halogens is 2. The van der Waals surface area contributed by atoms with Crippen molar-refractivity contribution in [1.82, 2.24) is 14.7 Å². The van der Waals surface area contributed by atoms with E-state index in [-0.39, 0.29) is 23.3 Å². The van der Waals surface area contributed by atoms with Crippen molar-refractivity contribution in [2.45, 2.75) is 39.2 Å². The summed E-state index contributed by atoms with van der Waals surface area (Å²) in [5.74, 6) is -0.0239. The van der Waals surface area contributed by atoms with E-state index in [1.54, 1.807) is 29.2 Å². The van der Waals surface area contributed by atoms with Gasteiger partial charge in [-0.1, -0.05) is 43.1 Å². The molecule has 1 atom stereocenters. The van der Waals surface area contributed by atoms with Gasteiger partial charge in [-0.25, -0.2) is 0 Å². The maximum absolute atomic E-state index is 12.6. The molecule has 0 spiro atoms. The van der Waals surface area contributed by atoms with Gasteiger partial charge >= 0.3 is 0 Å². The molecule has 8 heteroatoms. The number of hydrogen-bond donors (Lipinski definition) is 1. The maximum Gasteiger partial charge on any atom is 0.246 e. The second-order valence-corrected chi connectivity index (χ2v) is 10.2. The highest BCUT2D eigenvalue weighted by Gasteiger charge is 2.34. The Hall–Kier alpha value is -1.60. The van der Waals surface area contributed by atoms with Crippen LogP contribution < -0.4 is 0 Å². The van der Waals surface area contributed by atoms with Crippen LogP contribution in [0.15, 0.2) is 24.3 Å². The first-order valence-electron chi connectivity index (χ1n) is 11.3. The first-order chi connectivity index (χ1) is 15.2. The number of piperidine rings is 1. The molecule has 1 aromatic carbocycles. The van der Waals surface area contributed by atoms with Crippen LogP contribution in [0, 0.1) is 5.41 Å². The molecule has 176 valence electrons. The number of amides is 2. The van der Waals surface area contributed by atoms with Crippen molar-refractivity contribution < 1.29 is 14.7 Å². The smallest absolute Gasteiger partial charge is 0.246 e. The van der Waals surface area contributed by atoms with E-state index < -0.39 is 0 Å². The number of likely N-dealkylation sites (tertiary alicyclic amines) is 1. The van der Waals surface area contributed by atoms with E-state index in [0.29, 0.717) is 49.2 Å². The summed E-state index contributed by atoms with van der Waals surface area (Å²) in [6, 6.07) is 5.21. The van der Waals surface area contributed by atoms with E-state index in [1.165, 1.54) is 6.08 Å². The van der Waals surface area contributed by atoms with Crippen LogP contribution in [0.4, 0.5) is 0 Å². The molecule has 2 amide bonds. The molecule has 6 nitrogen and oxygen atoms in total. The largest absolute Gasteiger partial charge is 0.391 e. The van der Waals surface area contributed by atoms with Gasteiger partial charge in [-0.05, 0) is 55.1 Å². The van der Waals surface area contributed by atoms with Gasteiger partial charge in [0.15, 0.2) is 0 Å². The Morgan fingerprint density at radius 3 is 2.66 bits per heavy atom. The van der Waals surface area contributed by atoms with Gasteiger partial charge in [-0.2, -0.15) is 0 Å². The number of aliphatic hydroxyl groups is 1. The van der Waals surface area contributed by atoms with Crippen molar-refractivity contribution >= 4 is 41.1 Å². The molecule has 0 radical (unpaired) electrons. The summed E-state index contributed by atoms with van der Waals surface area (Å²) in [6.45, 7) is 8.91. The molecule has 2 aliphatic rings. The fraction of sp³-hybridized carbons (Fsp3) is 0.583. The molecule has 2 heterocycles. The summed E-state index contributed by atoms with van der Waals surface area (Å²) in [4.78, 5) is 31.0. The molecule has 2 fully saturated rings. The number of nitrogens with zero attached hydrogens (tertiary/aromatic N) is 3. The number of carbonyl (C=O) groups excluding carboxylic acids is 2. The lowest BCUT2D eigenvalue weighted by Crippen LogP contribution is -2.48. The highest BCUT2D eigenvalue weighted by Crippen LogP contribution is 2.30. The Kier molecular flexibility index (Phi) is 8.62. The summed E-state index contributed by atoms with van der Waals surface area (Å²) in [5.41, 5.74) is 0.771. The minimum absolute atomic E-state index is 0.0263. The summed E-state index contributed by atoms with van der Waals surface area (Å²) >= 11 is 11.9. The molecule has 0 saturated carbocycles. The van der Waals surface area contributed by atoms with Gasteiger partial charge in [0.05, 0.1) is 16.1 Å². The standard InChI is InChI=1S/C24H33Cl2N3O3/c1-24(2)9-13-27(17-21(24)30)10-3-11-28-14-15-29(12-8-23(28)32)22(31)7-5-18-4-6-19(25)20(26)16-18/h4-7,16,21,30H,3,8-15,17H2,1-2H3. The van der Waals surface area contributed by atoms with Crippen molar-refractivity contribution in [2.75, 3.05) is 45.8 Å². The fourth-order valence-electron chi connectivity index (χ4n) is 4.10. The lowest BCUT2D eigenvalue weighted by atomic mass is 9.80. The number of benzene rings is 1. The number of hydrogen-bond acceptors (Lipinski definition) is 4. The van der Waals surface area contributed by atoms with E-state index in [1.807, 2.05) is 4.90 Å². The molecular weight excluding hydrogens is 449 g/mol. The van der Waals surface area contributed by atoms with Gasteiger partial charge in [0, 0.05) is 45.2 Å². The highest BCUT2D eigenvalue weighted by atomic mass is 35.5. The van der Waals surface area contributed by atoms with Gasteiger partial charge < -0.3 is 19.8 Å². The average molecular weight is 482 g/mol. The minimum Gasteiger partial charge on any atom is -0.391 e. The summed E-state index contributed by atoms with van der Waals surface area (Å²) in [6.07, 6.45) is 5.09. The van der Waals surface area contributed by atoms with Crippen LogP contribution in [0.2, 0.25) is 10.0 Å². The van der Waals surface area contributed by atoms with Crippen molar-refractivity contribution in [2.24, 2.45) is 5.41 Å². The van der Waals surface area contributed by atoms with Gasteiger partial charge in [0.25, 0.3) is 0 Å². The van der Waals surface area contributed by atoms with Crippen molar-refractivity contribution in [3.05, 3.63) is 39.9 Å². The Bertz CT molecular complexity index is 859. The molecule has 0 bridgehead atoms. The first-order valence-corrected chi connectivity index (χ1v) is 12.0. The predicted molar refractivity (Wildman–Crippen MR) is 129 cm³/mol. The molecule has 2 aliphatic heterocycles. The van der Waals surface area contributed by atoms with Crippen LogP contribution in [0.1, 0.15) is 38.7 Å². The molecule has 0 aromatic heterocycles. The topological polar surface area (TPSA) is 64.1 Å². The third kappa shape index (κ3) is 6.70. The van der Waals surface area contributed by atoms with E-state index in [0.717, 1.165) is 31.5 Å². The van der Waals surface area contributed by atoms with Crippen LogP contribution in [0.5, 0.6) is 0 Å². The lowest BCUT2D eigenvalue weighted by Gasteiger charge is -2.41. The number of carbonyl (C=O) groups is 2. The molecule has 32 heavy (non-hydrogen) atoms. The van der Waals surface area contributed by atoms with Crippen LogP contribution >= 0.6 is 23.2 Å². The SMILES string of the molecule is CC1(C)CCN(CCCN2CCN(C(=O)C=Cc3ccc(Cl)c(Cl)c3)CCC2=O)CC1O. The molecule has 1 unspecified atom stereocenters. The van der Waals surface area contributed by atoms with Crippen LogP contribution in [0.3, 0.4) is 0 Å². The molecule has 1 N–H and O–H groups in total. The molecule has 0 aliphatic carbocycles. The summed E-state index contributed by atoms with van der Waals surface area (Å²) in [7, 11) is 0. The van der Waals surface area contributed by atoms with E-state index in [4.69, 9.17) is 23.2 Å². The van der Waals surface area contributed by atoms with Crippen molar-refractivity contribution in [1.29, 1.82) is 0 Å². The quantitative estimate of drug-likeness (QED) is 0.630. The second kappa shape index (κ2) is 11.0. The first kappa shape index (κ1) is 25.0. The lowest BCUT2D eigenvalue weighted by molar-refractivity contribution is -0.130. The monoisotopic (exact) mass is 481 g/mol. The average Bonchev–Trinajstić information content (AvgIpc) is 2.93. The molecule has 3 rings (SSSR count). The normalized spacial score (nSPS) is 22.4. The van der Waals surface area contributed by atoms with E-state index in [2.05, 4.69) is 18.7 Å². The van der Waals surface area contributed by atoms with Crippen LogP contribution in [-0.4, -0.2) is 83.5 Å². The van der Waals surface area contributed by atoms with Crippen molar-refractivity contribution in [3.8, 4) is 0 Å². The van der Waals surface area contributed by atoms with Crippen LogP contribution in [-0.2, 0) is 9.59 Å². The zero-order valence-electron chi connectivity index (χ0n) is 18.9. The zero-order valence-corrected chi connectivity index (χ0v) is 20.4. The molecular formula is C24H33Cl2N3O3. The number of aliphatic hydroxyl groups excluding tert-OH is 1. The molecule has 2 saturated heterocycles. The Balaban J connectivity index is 1.45. The summed E-state index contributed by atoms with van der Waals surface area (Å²) < 4.78 is 0. The zero-order chi connectivity index (χ0) is 23.3. The molecule has 1 aromatic rings. The number of β-amino-alcohol motifs (C(OH)–C–C–N with tert-alkyl or cyclic N) is 1. The van der Waals surface area contributed by atoms with E-state index >= 15 is 0 Å². The van der Waals surface area contributed by atoms with Crippen LogP contribution in [0.25, 0.3) is 6.08 Å². The Morgan fingerprint density at radius 2 is 1.94 bits per heavy atom. The maximum atomic E-state index is 12.6. The second-order valence-electron chi connectivity index (χ2n) is 9.37. The summed E-state index contributed by atoms with van der Waals surface area (Å²) in [5, 5.41) is 11.2. The van der Waals surface area contributed by atoms with Gasteiger partial charge in [0.1, 0.15) is 0 Å².